The van der Waals surface area contributed by atoms with Crippen molar-refractivity contribution in [3.05, 3.63) is 57.8 Å². The molecule has 3 heterocycles. The third-order valence-corrected chi connectivity index (χ3v) is 5.73. The molecule has 1 aromatic heterocycles. The highest BCUT2D eigenvalue weighted by molar-refractivity contribution is 5.99. The molecule has 1 amide bonds. The zero-order chi connectivity index (χ0) is 23.6. The Labute approximate surface area is 187 Å². The van der Waals surface area contributed by atoms with Crippen LogP contribution in [0.3, 0.4) is 0 Å². The lowest BCUT2D eigenvalue weighted by Crippen LogP contribution is -2.49. The molecule has 1 aromatic carbocycles. The summed E-state index contributed by atoms with van der Waals surface area (Å²) in [5.41, 5.74) is -1.10. The van der Waals surface area contributed by atoms with E-state index in [1.54, 1.807) is 28.1 Å². The first-order valence-electron chi connectivity index (χ1n) is 10.4. The van der Waals surface area contributed by atoms with Crippen molar-refractivity contribution in [3.63, 3.8) is 0 Å². The summed E-state index contributed by atoms with van der Waals surface area (Å²) < 4.78 is 44.3. The van der Waals surface area contributed by atoms with E-state index < -0.39 is 22.4 Å². The van der Waals surface area contributed by atoms with Crippen molar-refractivity contribution in [2.45, 2.75) is 6.18 Å². The first kappa shape index (κ1) is 22.8. The van der Waals surface area contributed by atoms with Crippen LogP contribution in [0.15, 0.2) is 36.5 Å². The lowest BCUT2D eigenvalue weighted by Gasteiger charge is -2.36. The van der Waals surface area contributed by atoms with Crippen LogP contribution >= 0.6 is 0 Å². The second kappa shape index (κ2) is 9.22. The minimum absolute atomic E-state index is 0.107. The summed E-state index contributed by atoms with van der Waals surface area (Å²) in [5, 5.41) is 11.4. The average molecular weight is 465 g/mol. The van der Waals surface area contributed by atoms with E-state index in [9.17, 15) is 28.1 Å². The molecule has 33 heavy (non-hydrogen) atoms. The van der Waals surface area contributed by atoms with Crippen molar-refractivity contribution in [3.8, 4) is 0 Å². The number of nitro benzene ring substituents is 1. The van der Waals surface area contributed by atoms with Crippen molar-refractivity contribution in [1.29, 1.82) is 0 Å². The van der Waals surface area contributed by atoms with Crippen LogP contribution in [0.25, 0.3) is 0 Å². The first-order chi connectivity index (χ1) is 15.8. The Kier molecular flexibility index (Phi) is 6.36. The van der Waals surface area contributed by atoms with Crippen LogP contribution in [0.1, 0.15) is 15.9 Å². The van der Waals surface area contributed by atoms with Gasteiger partial charge in [0, 0.05) is 51.5 Å². The van der Waals surface area contributed by atoms with Crippen LogP contribution in [0.5, 0.6) is 0 Å². The SMILES string of the molecule is O=C(c1cccnc1N1CCOCC1)N1CCN(c2ccc(C(F)(F)F)cc2[N+](=O)[O-])CC1. The van der Waals surface area contributed by atoms with E-state index in [0.717, 1.165) is 12.1 Å². The molecule has 0 bridgehead atoms. The van der Waals surface area contributed by atoms with E-state index in [1.165, 1.54) is 0 Å². The molecule has 0 atom stereocenters. The third kappa shape index (κ3) is 4.85. The summed E-state index contributed by atoms with van der Waals surface area (Å²) >= 11 is 0. The highest BCUT2D eigenvalue weighted by Crippen LogP contribution is 2.37. The largest absolute Gasteiger partial charge is 0.416 e. The maximum absolute atomic E-state index is 13.2. The van der Waals surface area contributed by atoms with Gasteiger partial charge in [0.05, 0.1) is 29.3 Å². The van der Waals surface area contributed by atoms with Gasteiger partial charge in [-0.2, -0.15) is 13.2 Å². The monoisotopic (exact) mass is 465 g/mol. The van der Waals surface area contributed by atoms with E-state index in [4.69, 9.17) is 4.74 Å². The van der Waals surface area contributed by atoms with Crippen LogP contribution in [-0.2, 0) is 10.9 Å². The molecule has 2 fully saturated rings. The third-order valence-electron chi connectivity index (χ3n) is 5.73. The number of pyridine rings is 1. The summed E-state index contributed by atoms with van der Waals surface area (Å²) in [6.45, 7) is 3.41. The molecule has 12 heteroatoms. The van der Waals surface area contributed by atoms with E-state index in [0.29, 0.717) is 43.8 Å². The number of aromatic nitrogens is 1. The number of hydrogen-bond donors (Lipinski definition) is 0. The fraction of sp³-hybridized carbons (Fsp3) is 0.429. The van der Waals surface area contributed by atoms with Crippen LogP contribution in [0, 0.1) is 10.1 Å². The molecule has 0 spiro atoms. The highest BCUT2D eigenvalue weighted by Gasteiger charge is 2.35. The maximum atomic E-state index is 13.2. The summed E-state index contributed by atoms with van der Waals surface area (Å²) in [6.07, 6.45) is -3.04. The number of benzene rings is 1. The van der Waals surface area contributed by atoms with E-state index in [-0.39, 0.29) is 37.8 Å². The number of carbonyl (C=O) groups excluding carboxylic acids is 1. The van der Waals surface area contributed by atoms with Gasteiger partial charge in [-0.15, -0.1) is 0 Å². The molecule has 2 aliphatic rings. The summed E-state index contributed by atoms with van der Waals surface area (Å²) in [5.74, 6) is 0.387. The molecule has 176 valence electrons. The number of ether oxygens (including phenoxy) is 1. The summed E-state index contributed by atoms with van der Waals surface area (Å²) in [6, 6.07) is 5.92. The first-order valence-corrected chi connectivity index (χ1v) is 10.4. The Bertz CT molecular complexity index is 1030. The molecule has 0 saturated carbocycles. The molecule has 0 aliphatic carbocycles. The summed E-state index contributed by atoms with van der Waals surface area (Å²) in [4.78, 5) is 33.5. The summed E-state index contributed by atoms with van der Waals surface area (Å²) in [7, 11) is 0. The number of nitro groups is 1. The van der Waals surface area contributed by atoms with Gasteiger partial charge in [-0.05, 0) is 24.3 Å². The fourth-order valence-electron chi connectivity index (χ4n) is 4.03. The molecule has 0 unspecified atom stereocenters. The quantitative estimate of drug-likeness (QED) is 0.507. The zero-order valence-corrected chi connectivity index (χ0v) is 17.6. The number of rotatable bonds is 4. The predicted molar refractivity (Wildman–Crippen MR) is 113 cm³/mol. The molecule has 0 radical (unpaired) electrons. The van der Waals surface area contributed by atoms with Crippen molar-refractivity contribution in [2.75, 3.05) is 62.3 Å². The smallest absolute Gasteiger partial charge is 0.378 e. The number of hydrogen-bond acceptors (Lipinski definition) is 7. The zero-order valence-electron chi connectivity index (χ0n) is 17.6. The Morgan fingerprint density at radius 3 is 2.36 bits per heavy atom. The van der Waals surface area contributed by atoms with Gasteiger partial charge in [-0.1, -0.05) is 0 Å². The van der Waals surface area contributed by atoms with E-state index in [2.05, 4.69) is 4.98 Å². The van der Waals surface area contributed by atoms with E-state index in [1.807, 2.05) is 4.90 Å². The predicted octanol–water partition coefficient (Wildman–Crippen LogP) is 2.81. The molecule has 2 aliphatic heterocycles. The number of amides is 1. The van der Waals surface area contributed by atoms with Crippen LogP contribution in [0.4, 0.5) is 30.4 Å². The number of morpholine rings is 1. The minimum atomic E-state index is -4.67. The van der Waals surface area contributed by atoms with Crippen molar-refractivity contribution in [2.24, 2.45) is 0 Å². The Balaban J connectivity index is 1.49. The van der Waals surface area contributed by atoms with Gasteiger partial charge in [-0.25, -0.2) is 4.98 Å². The van der Waals surface area contributed by atoms with E-state index >= 15 is 0 Å². The number of nitrogens with zero attached hydrogens (tertiary/aromatic N) is 5. The fourth-order valence-corrected chi connectivity index (χ4v) is 4.03. The number of halogens is 3. The number of alkyl halides is 3. The molecular weight excluding hydrogens is 443 g/mol. The van der Waals surface area contributed by atoms with Gasteiger partial charge in [0.2, 0.25) is 0 Å². The maximum Gasteiger partial charge on any atom is 0.416 e. The van der Waals surface area contributed by atoms with Crippen molar-refractivity contribution in [1.82, 2.24) is 9.88 Å². The van der Waals surface area contributed by atoms with Crippen molar-refractivity contribution < 1.29 is 27.6 Å². The topological polar surface area (TPSA) is 92.1 Å². The standard InChI is InChI=1S/C21H22F3N5O4/c22-21(23,24)15-3-4-17(18(14-15)29(31)32)26-6-8-28(9-7-26)20(30)16-2-1-5-25-19(16)27-10-12-33-13-11-27/h1-5,14H,6-13H2. The van der Waals surface area contributed by atoms with Crippen LogP contribution < -0.4 is 9.80 Å². The van der Waals surface area contributed by atoms with Gasteiger partial charge in [-0.3, -0.25) is 14.9 Å². The van der Waals surface area contributed by atoms with Crippen LogP contribution in [0.2, 0.25) is 0 Å². The van der Waals surface area contributed by atoms with Crippen molar-refractivity contribution >= 4 is 23.1 Å². The molecule has 0 N–H and O–H groups in total. The minimum Gasteiger partial charge on any atom is -0.378 e. The Morgan fingerprint density at radius 1 is 1.03 bits per heavy atom. The Morgan fingerprint density at radius 2 is 1.73 bits per heavy atom. The van der Waals surface area contributed by atoms with Gasteiger partial charge in [0.25, 0.3) is 11.6 Å². The normalized spacial score (nSPS) is 17.2. The highest BCUT2D eigenvalue weighted by atomic mass is 19.4. The second-order valence-electron chi connectivity index (χ2n) is 7.71. The van der Waals surface area contributed by atoms with Gasteiger partial charge in [0.1, 0.15) is 11.5 Å². The molecule has 2 saturated heterocycles. The number of anilines is 2. The molecule has 4 rings (SSSR count). The molecular formula is C21H22F3N5O4. The second-order valence-corrected chi connectivity index (χ2v) is 7.71. The molecule has 2 aromatic rings. The lowest BCUT2D eigenvalue weighted by molar-refractivity contribution is -0.384. The van der Waals surface area contributed by atoms with Crippen LogP contribution in [-0.4, -0.2) is 73.2 Å². The number of piperazine rings is 1. The Hall–Kier alpha value is -3.41. The van der Waals surface area contributed by atoms with Gasteiger partial charge < -0.3 is 19.4 Å². The number of carbonyl (C=O) groups is 1. The average Bonchev–Trinajstić information content (AvgIpc) is 2.83. The lowest BCUT2D eigenvalue weighted by atomic mass is 10.1. The van der Waals surface area contributed by atoms with Gasteiger partial charge in [0.15, 0.2) is 0 Å². The molecule has 9 nitrogen and oxygen atoms in total. The van der Waals surface area contributed by atoms with Gasteiger partial charge >= 0.3 is 6.18 Å².